The van der Waals surface area contributed by atoms with Crippen molar-refractivity contribution in [1.82, 2.24) is 0 Å². The van der Waals surface area contributed by atoms with Crippen LogP contribution in [0.5, 0.6) is 5.75 Å². The summed E-state index contributed by atoms with van der Waals surface area (Å²) in [5.41, 5.74) is 4.83. The van der Waals surface area contributed by atoms with Crippen LogP contribution < -0.4 is 5.73 Å². The Bertz CT molecular complexity index is 340. The molecule has 0 saturated heterocycles. The maximum absolute atomic E-state index is 12.8. The van der Waals surface area contributed by atoms with Gasteiger partial charge in [-0.05, 0) is 22.0 Å². The van der Waals surface area contributed by atoms with Crippen molar-refractivity contribution in [3.63, 3.8) is 0 Å². The Labute approximate surface area is 76.1 Å². The summed E-state index contributed by atoms with van der Waals surface area (Å²) in [6.45, 7) is 0. The van der Waals surface area contributed by atoms with E-state index in [4.69, 9.17) is 10.8 Å². The average Bonchev–Trinajstić information content (AvgIpc) is 1.96. The summed E-state index contributed by atoms with van der Waals surface area (Å²) in [6.07, 6.45) is 0. The number of primary amides is 1. The third-order valence-corrected chi connectivity index (χ3v) is 2.08. The Morgan fingerprint density at radius 1 is 1.58 bits per heavy atom. The summed E-state index contributed by atoms with van der Waals surface area (Å²) >= 11 is 2.83. The normalized spacial score (nSPS) is 9.83. The Morgan fingerprint density at radius 3 is 2.67 bits per heavy atom. The third kappa shape index (κ3) is 1.55. The van der Waals surface area contributed by atoms with E-state index in [-0.39, 0.29) is 15.8 Å². The number of carbonyl (C=O) groups excluding carboxylic acids is 1. The Morgan fingerprint density at radius 2 is 2.17 bits per heavy atom. The standard InChI is InChI=1S/C7H5BrFNO2/c8-6-4(7(10)12)1-3(11)2-5(6)9/h1-2,11H,(H2,10,12). The van der Waals surface area contributed by atoms with Crippen molar-refractivity contribution < 1.29 is 14.3 Å². The molecule has 0 fully saturated rings. The van der Waals surface area contributed by atoms with Gasteiger partial charge in [0.25, 0.3) is 0 Å². The molecule has 1 aromatic carbocycles. The van der Waals surface area contributed by atoms with E-state index < -0.39 is 11.7 Å². The van der Waals surface area contributed by atoms with Gasteiger partial charge >= 0.3 is 0 Å². The highest BCUT2D eigenvalue weighted by Gasteiger charge is 2.11. The number of hydrogen-bond donors (Lipinski definition) is 2. The highest BCUT2D eigenvalue weighted by atomic mass is 79.9. The molecule has 0 aliphatic heterocycles. The molecule has 0 radical (unpaired) electrons. The predicted octanol–water partition coefficient (Wildman–Crippen LogP) is 1.39. The van der Waals surface area contributed by atoms with Gasteiger partial charge in [0.15, 0.2) is 0 Å². The number of phenolic OH excluding ortho intramolecular Hbond substituents is 1. The zero-order chi connectivity index (χ0) is 9.30. The van der Waals surface area contributed by atoms with E-state index in [0.29, 0.717) is 0 Å². The molecule has 0 aliphatic rings. The second kappa shape index (κ2) is 3.10. The first-order chi connectivity index (χ1) is 5.52. The number of carbonyl (C=O) groups is 1. The molecule has 0 aromatic heterocycles. The van der Waals surface area contributed by atoms with Crippen molar-refractivity contribution in [3.8, 4) is 5.75 Å². The number of aromatic hydroxyl groups is 1. The fourth-order valence-corrected chi connectivity index (χ4v) is 1.18. The number of nitrogens with two attached hydrogens (primary N) is 1. The second-order valence-electron chi connectivity index (χ2n) is 2.15. The maximum atomic E-state index is 12.8. The summed E-state index contributed by atoms with van der Waals surface area (Å²) in [7, 11) is 0. The van der Waals surface area contributed by atoms with Gasteiger partial charge in [0.1, 0.15) is 11.6 Å². The SMILES string of the molecule is NC(=O)c1cc(O)cc(F)c1Br. The monoisotopic (exact) mass is 233 g/mol. The highest BCUT2D eigenvalue weighted by Crippen LogP contribution is 2.25. The minimum Gasteiger partial charge on any atom is -0.508 e. The Kier molecular flexibility index (Phi) is 2.32. The topological polar surface area (TPSA) is 63.3 Å². The smallest absolute Gasteiger partial charge is 0.250 e. The van der Waals surface area contributed by atoms with Crippen LogP contribution in [-0.2, 0) is 0 Å². The van der Waals surface area contributed by atoms with Crippen LogP contribution in [0.3, 0.4) is 0 Å². The van der Waals surface area contributed by atoms with Gasteiger partial charge in [-0.3, -0.25) is 4.79 Å². The molecule has 1 aromatic rings. The van der Waals surface area contributed by atoms with E-state index in [2.05, 4.69) is 15.9 Å². The first kappa shape index (κ1) is 8.99. The van der Waals surface area contributed by atoms with Crippen LogP contribution in [-0.4, -0.2) is 11.0 Å². The van der Waals surface area contributed by atoms with Crippen LogP contribution in [0, 0.1) is 5.82 Å². The van der Waals surface area contributed by atoms with Crippen LogP contribution >= 0.6 is 15.9 Å². The molecule has 3 N–H and O–H groups in total. The molecule has 12 heavy (non-hydrogen) atoms. The molecule has 0 unspecified atom stereocenters. The highest BCUT2D eigenvalue weighted by molar-refractivity contribution is 9.10. The molecule has 64 valence electrons. The molecular formula is C7H5BrFNO2. The van der Waals surface area contributed by atoms with E-state index in [1.165, 1.54) is 0 Å². The first-order valence-electron chi connectivity index (χ1n) is 3.00. The van der Waals surface area contributed by atoms with Crippen molar-refractivity contribution in [2.45, 2.75) is 0 Å². The maximum Gasteiger partial charge on any atom is 0.250 e. The molecule has 5 heteroatoms. The lowest BCUT2D eigenvalue weighted by Gasteiger charge is -2.01. The Balaban J connectivity index is 3.37. The minimum absolute atomic E-state index is 0.0344. The first-order valence-corrected chi connectivity index (χ1v) is 3.79. The number of halogens is 2. The summed E-state index contributed by atoms with van der Waals surface area (Å²) in [5.74, 6) is -1.84. The van der Waals surface area contributed by atoms with Crippen molar-refractivity contribution in [1.29, 1.82) is 0 Å². The summed E-state index contributed by atoms with van der Waals surface area (Å²) < 4.78 is 12.8. The fraction of sp³-hybridized carbons (Fsp3) is 0. The van der Waals surface area contributed by atoms with Crippen molar-refractivity contribution in [2.75, 3.05) is 0 Å². The number of phenols is 1. The second-order valence-corrected chi connectivity index (χ2v) is 2.95. The van der Waals surface area contributed by atoms with Gasteiger partial charge in [0.2, 0.25) is 5.91 Å². The van der Waals surface area contributed by atoms with Crippen molar-refractivity contribution >= 4 is 21.8 Å². The lowest BCUT2D eigenvalue weighted by atomic mass is 10.2. The molecule has 0 saturated carbocycles. The van der Waals surface area contributed by atoms with E-state index >= 15 is 0 Å². The molecule has 3 nitrogen and oxygen atoms in total. The van der Waals surface area contributed by atoms with Crippen LogP contribution in [0.4, 0.5) is 4.39 Å². The van der Waals surface area contributed by atoms with Crippen LogP contribution in [0.25, 0.3) is 0 Å². The molecular weight excluding hydrogens is 229 g/mol. The molecule has 1 rings (SSSR count). The lowest BCUT2D eigenvalue weighted by Crippen LogP contribution is -2.12. The zero-order valence-corrected chi connectivity index (χ0v) is 7.43. The van der Waals surface area contributed by atoms with Gasteiger partial charge < -0.3 is 10.8 Å². The number of rotatable bonds is 1. The molecule has 0 spiro atoms. The van der Waals surface area contributed by atoms with E-state index in [1.54, 1.807) is 0 Å². The van der Waals surface area contributed by atoms with Gasteiger partial charge in [-0.1, -0.05) is 0 Å². The number of amides is 1. The van der Waals surface area contributed by atoms with Crippen LogP contribution in [0.1, 0.15) is 10.4 Å². The lowest BCUT2D eigenvalue weighted by molar-refractivity contribution is 0.0998. The molecule has 0 aliphatic carbocycles. The third-order valence-electron chi connectivity index (χ3n) is 1.28. The average molecular weight is 234 g/mol. The summed E-state index contributed by atoms with van der Waals surface area (Å²) in [6, 6.07) is 1.98. The molecule has 0 atom stereocenters. The molecule has 0 heterocycles. The van der Waals surface area contributed by atoms with Gasteiger partial charge in [-0.25, -0.2) is 4.39 Å². The van der Waals surface area contributed by atoms with Gasteiger partial charge in [-0.15, -0.1) is 0 Å². The summed E-state index contributed by atoms with van der Waals surface area (Å²) in [4.78, 5) is 10.6. The van der Waals surface area contributed by atoms with E-state index in [0.717, 1.165) is 12.1 Å². The van der Waals surface area contributed by atoms with Gasteiger partial charge in [-0.2, -0.15) is 0 Å². The zero-order valence-electron chi connectivity index (χ0n) is 5.84. The largest absolute Gasteiger partial charge is 0.508 e. The van der Waals surface area contributed by atoms with Crippen molar-refractivity contribution in [3.05, 3.63) is 28.0 Å². The quantitative estimate of drug-likeness (QED) is 0.771. The van der Waals surface area contributed by atoms with Gasteiger partial charge in [0.05, 0.1) is 10.0 Å². The Hall–Kier alpha value is -1.10. The predicted molar refractivity (Wildman–Crippen MR) is 44.3 cm³/mol. The molecule has 1 amide bonds. The van der Waals surface area contributed by atoms with Crippen molar-refractivity contribution in [2.24, 2.45) is 5.73 Å². The van der Waals surface area contributed by atoms with Gasteiger partial charge in [0, 0.05) is 6.07 Å². The summed E-state index contributed by atoms with van der Waals surface area (Å²) in [5, 5.41) is 8.90. The van der Waals surface area contributed by atoms with E-state index in [1.807, 2.05) is 0 Å². The molecule has 0 bridgehead atoms. The number of benzene rings is 1. The minimum atomic E-state index is -0.795. The van der Waals surface area contributed by atoms with Crippen LogP contribution in [0.15, 0.2) is 16.6 Å². The fourth-order valence-electron chi connectivity index (χ4n) is 0.754. The van der Waals surface area contributed by atoms with Crippen LogP contribution in [0.2, 0.25) is 0 Å². The number of hydrogen-bond acceptors (Lipinski definition) is 2. The van der Waals surface area contributed by atoms with E-state index in [9.17, 15) is 9.18 Å².